The number of carbonyl (C=O) groups excluding carboxylic acids is 1. The number of nitrogens with one attached hydrogen (secondary N) is 1. The Hall–Kier alpha value is -1.40. The summed E-state index contributed by atoms with van der Waals surface area (Å²) in [5.74, 6) is 0.586. The molecule has 0 unspecified atom stereocenters. The average Bonchev–Trinajstić information content (AvgIpc) is 2.77. The van der Waals surface area contributed by atoms with Gasteiger partial charge in [0, 0.05) is 5.69 Å². The van der Waals surface area contributed by atoms with E-state index in [1.54, 1.807) is 6.92 Å². The Morgan fingerprint density at radius 3 is 2.89 bits per heavy atom. The predicted molar refractivity (Wildman–Crippen MR) is 75.8 cm³/mol. The Kier molecular flexibility index (Phi) is 4.33. The molecule has 0 fully saturated rings. The summed E-state index contributed by atoms with van der Waals surface area (Å²) in [6, 6.07) is 8.00. The van der Waals surface area contributed by atoms with E-state index >= 15 is 0 Å². The predicted octanol–water partition coefficient (Wildman–Crippen LogP) is 3.27. The highest BCUT2D eigenvalue weighted by molar-refractivity contribution is 8.01. The van der Waals surface area contributed by atoms with Gasteiger partial charge in [0.1, 0.15) is 5.78 Å². The summed E-state index contributed by atoms with van der Waals surface area (Å²) in [5.41, 5.74) is 2.18. The Bertz CT molecular complexity index is 554. The van der Waals surface area contributed by atoms with Gasteiger partial charge < -0.3 is 5.32 Å². The second-order valence-electron chi connectivity index (χ2n) is 3.80. The summed E-state index contributed by atoms with van der Waals surface area (Å²) < 4.78 is 0.807. The molecule has 1 aromatic heterocycles. The molecule has 0 aliphatic carbocycles. The van der Waals surface area contributed by atoms with Crippen LogP contribution in [-0.2, 0) is 4.79 Å². The highest BCUT2D eigenvalue weighted by Gasteiger charge is 2.06. The SMILES string of the molecule is CC(=O)CSc1nnc(Nc2ccccc2C)s1. The van der Waals surface area contributed by atoms with Crippen molar-refractivity contribution in [1.82, 2.24) is 10.2 Å². The van der Waals surface area contributed by atoms with E-state index in [1.807, 2.05) is 31.2 Å². The quantitative estimate of drug-likeness (QED) is 0.851. The van der Waals surface area contributed by atoms with E-state index in [2.05, 4.69) is 15.5 Å². The lowest BCUT2D eigenvalue weighted by Crippen LogP contribution is -1.92. The molecular weight excluding hydrogens is 266 g/mol. The molecule has 0 saturated heterocycles. The van der Waals surface area contributed by atoms with Crippen LogP contribution in [0.5, 0.6) is 0 Å². The van der Waals surface area contributed by atoms with Crippen molar-refractivity contribution in [1.29, 1.82) is 0 Å². The van der Waals surface area contributed by atoms with E-state index in [0.29, 0.717) is 5.75 Å². The maximum Gasteiger partial charge on any atom is 0.210 e. The number of hydrogen-bond acceptors (Lipinski definition) is 6. The van der Waals surface area contributed by atoms with E-state index in [4.69, 9.17) is 0 Å². The molecule has 0 amide bonds. The van der Waals surface area contributed by atoms with Gasteiger partial charge in [0.05, 0.1) is 5.75 Å². The number of aromatic nitrogens is 2. The minimum atomic E-state index is 0.142. The van der Waals surface area contributed by atoms with E-state index in [-0.39, 0.29) is 5.78 Å². The van der Waals surface area contributed by atoms with Gasteiger partial charge in [0.2, 0.25) is 5.13 Å². The third kappa shape index (κ3) is 3.54. The highest BCUT2D eigenvalue weighted by atomic mass is 32.2. The van der Waals surface area contributed by atoms with Gasteiger partial charge in [-0.3, -0.25) is 4.79 Å². The third-order valence-corrected chi connectivity index (χ3v) is 4.31. The highest BCUT2D eigenvalue weighted by Crippen LogP contribution is 2.28. The summed E-state index contributed by atoms with van der Waals surface area (Å²) in [6.45, 7) is 3.61. The first-order valence-electron chi connectivity index (χ1n) is 5.43. The Balaban J connectivity index is 2.02. The van der Waals surface area contributed by atoms with Crippen molar-refractivity contribution in [2.75, 3.05) is 11.1 Å². The summed E-state index contributed by atoms with van der Waals surface area (Å²) in [7, 11) is 0. The van der Waals surface area contributed by atoms with E-state index in [1.165, 1.54) is 23.1 Å². The second kappa shape index (κ2) is 5.97. The molecular formula is C12H13N3OS2. The molecule has 1 aromatic carbocycles. The van der Waals surface area contributed by atoms with Gasteiger partial charge in [-0.15, -0.1) is 10.2 Å². The van der Waals surface area contributed by atoms with Gasteiger partial charge in [-0.2, -0.15) is 0 Å². The van der Waals surface area contributed by atoms with Crippen LogP contribution in [0.25, 0.3) is 0 Å². The first-order chi connectivity index (χ1) is 8.65. The molecule has 6 heteroatoms. The molecule has 2 aromatic rings. The van der Waals surface area contributed by atoms with Crippen molar-refractivity contribution in [3.63, 3.8) is 0 Å². The van der Waals surface area contributed by atoms with Crippen LogP contribution in [0.2, 0.25) is 0 Å². The summed E-state index contributed by atoms with van der Waals surface area (Å²) >= 11 is 2.88. The number of aryl methyl sites for hydroxylation is 1. The lowest BCUT2D eigenvalue weighted by atomic mass is 10.2. The number of rotatable bonds is 5. The number of benzene rings is 1. The van der Waals surface area contributed by atoms with Gasteiger partial charge in [0.25, 0.3) is 0 Å². The lowest BCUT2D eigenvalue weighted by molar-refractivity contribution is -0.114. The molecule has 0 saturated carbocycles. The number of carbonyl (C=O) groups is 1. The fourth-order valence-corrected chi connectivity index (χ4v) is 2.87. The Morgan fingerprint density at radius 2 is 2.17 bits per heavy atom. The molecule has 0 radical (unpaired) electrons. The van der Waals surface area contributed by atoms with Gasteiger partial charge in [-0.05, 0) is 25.5 Å². The number of thioether (sulfide) groups is 1. The minimum Gasteiger partial charge on any atom is -0.330 e. The van der Waals surface area contributed by atoms with Gasteiger partial charge in [0.15, 0.2) is 4.34 Å². The van der Waals surface area contributed by atoms with Crippen LogP contribution in [0.3, 0.4) is 0 Å². The molecule has 0 aliphatic heterocycles. The fraction of sp³-hybridized carbons (Fsp3) is 0.250. The normalized spacial score (nSPS) is 10.3. The zero-order valence-corrected chi connectivity index (χ0v) is 11.8. The number of hydrogen-bond donors (Lipinski definition) is 1. The van der Waals surface area contributed by atoms with E-state index in [9.17, 15) is 4.79 Å². The van der Waals surface area contributed by atoms with E-state index in [0.717, 1.165) is 20.7 Å². The smallest absolute Gasteiger partial charge is 0.210 e. The summed E-state index contributed by atoms with van der Waals surface area (Å²) in [6.07, 6.45) is 0. The fourth-order valence-electron chi connectivity index (χ4n) is 1.31. The molecule has 0 bridgehead atoms. The van der Waals surface area contributed by atoms with Gasteiger partial charge >= 0.3 is 0 Å². The largest absolute Gasteiger partial charge is 0.330 e. The molecule has 0 aliphatic rings. The molecule has 1 N–H and O–H groups in total. The molecule has 1 heterocycles. The van der Waals surface area contributed by atoms with Gasteiger partial charge in [-0.1, -0.05) is 41.3 Å². The van der Waals surface area contributed by atoms with Crippen LogP contribution in [0.15, 0.2) is 28.6 Å². The van der Waals surface area contributed by atoms with Crippen molar-refractivity contribution in [3.8, 4) is 0 Å². The molecule has 18 heavy (non-hydrogen) atoms. The summed E-state index contributed by atoms with van der Waals surface area (Å²) in [4.78, 5) is 10.9. The molecule has 94 valence electrons. The van der Waals surface area contributed by atoms with Crippen LogP contribution in [0.1, 0.15) is 12.5 Å². The molecule has 4 nitrogen and oxygen atoms in total. The van der Waals surface area contributed by atoms with Crippen molar-refractivity contribution < 1.29 is 4.79 Å². The monoisotopic (exact) mass is 279 g/mol. The second-order valence-corrected chi connectivity index (χ2v) is 6.00. The number of para-hydroxylation sites is 1. The van der Waals surface area contributed by atoms with Crippen LogP contribution in [0.4, 0.5) is 10.8 Å². The van der Waals surface area contributed by atoms with Gasteiger partial charge in [-0.25, -0.2) is 0 Å². The third-order valence-electron chi connectivity index (χ3n) is 2.19. The molecule has 0 atom stereocenters. The molecule has 0 spiro atoms. The standard InChI is InChI=1S/C12H13N3OS2/c1-8-5-3-4-6-10(8)13-11-14-15-12(18-11)17-7-9(2)16/h3-6H,7H2,1-2H3,(H,13,14). The van der Waals surface area contributed by atoms with Crippen LogP contribution >= 0.6 is 23.1 Å². The Labute approximate surface area is 114 Å². The van der Waals surface area contributed by atoms with Crippen molar-refractivity contribution in [2.24, 2.45) is 0 Å². The number of ketones is 1. The zero-order valence-electron chi connectivity index (χ0n) is 10.1. The maximum atomic E-state index is 10.9. The van der Waals surface area contributed by atoms with Crippen molar-refractivity contribution in [3.05, 3.63) is 29.8 Å². The van der Waals surface area contributed by atoms with Crippen molar-refractivity contribution in [2.45, 2.75) is 18.2 Å². The number of nitrogens with zero attached hydrogens (tertiary/aromatic N) is 2. The van der Waals surface area contributed by atoms with Crippen LogP contribution in [0, 0.1) is 6.92 Å². The average molecular weight is 279 g/mol. The maximum absolute atomic E-state index is 10.9. The zero-order chi connectivity index (χ0) is 13.0. The molecule has 2 rings (SSSR count). The number of Topliss-reactive ketones (excluding diaryl/α,β-unsaturated/α-hetero) is 1. The lowest BCUT2D eigenvalue weighted by Gasteiger charge is -2.04. The number of anilines is 2. The first-order valence-corrected chi connectivity index (χ1v) is 7.24. The topological polar surface area (TPSA) is 54.9 Å². The van der Waals surface area contributed by atoms with Crippen molar-refractivity contribution >= 4 is 39.7 Å². The minimum absolute atomic E-state index is 0.142. The van der Waals surface area contributed by atoms with E-state index < -0.39 is 0 Å². The van der Waals surface area contributed by atoms with Crippen LogP contribution < -0.4 is 5.32 Å². The summed E-state index contributed by atoms with van der Waals surface area (Å²) in [5, 5.41) is 12.1. The first kappa shape index (κ1) is 13.0. The van der Waals surface area contributed by atoms with Crippen LogP contribution in [-0.4, -0.2) is 21.7 Å². The Morgan fingerprint density at radius 1 is 1.39 bits per heavy atom.